The van der Waals surface area contributed by atoms with Crippen molar-refractivity contribution in [2.75, 3.05) is 18.9 Å². The number of hydrogen-bond donors (Lipinski definition) is 1. The van der Waals surface area contributed by atoms with Crippen molar-refractivity contribution >= 4 is 28.7 Å². The van der Waals surface area contributed by atoms with Gasteiger partial charge in [0.1, 0.15) is 11.5 Å². The highest BCUT2D eigenvalue weighted by Crippen LogP contribution is 2.27. The number of likely N-dealkylation sites (N-methyl/N-ethyl adjacent to an activating group) is 1. The van der Waals surface area contributed by atoms with Crippen molar-refractivity contribution in [2.45, 2.75) is 13.8 Å². The van der Waals surface area contributed by atoms with E-state index in [1.165, 1.54) is 4.90 Å². The van der Waals surface area contributed by atoms with Crippen molar-refractivity contribution in [3.05, 3.63) is 59.6 Å². The SMILES string of the molecule is Cc1ccnc(NC(=O)CN(C)C(=O)c2cc(-c3ccco3)nc3c2c(C)nn3C)c1. The van der Waals surface area contributed by atoms with Gasteiger partial charge in [0.15, 0.2) is 11.4 Å². The van der Waals surface area contributed by atoms with Crippen molar-refractivity contribution in [1.82, 2.24) is 24.6 Å². The lowest BCUT2D eigenvalue weighted by atomic mass is 10.1. The van der Waals surface area contributed by atoms with Crippen molar-refractivity contribution in [3.63, 3.8) is 0 Å². The van der Waals surface area contributed by atoms with Crippen LogP contribution in [0.15, 0.2) is 47.2 Å². The van der Waals surface area contributed by atoms with Crippen LogP contribution in [-0.4, -0.2) is 50.1 Å². The molecule has 0 aliphatic carbocycles. The molecule has 0 saturated carbocycles. The molecular formula is C22H22N6O3. The maximum absolute atomic E-state index is 13.3. The number of carbonyl (C=O) groups is 2. The first kappa shape index (κ1) is 20.3. The molecule has 9 heteroatoms. The molecule has 0 spiro atoms. The van der Waals surface area contributed by atoms with Crippen LogP contribution in [0.4, 0.5) is 5.82 Å². The highest BCUT2D eigenvalue weighted by Gasteiger charge is 2.23. The van der Waals surface area contributed by atoms with Gasteiger partial charge in [-0.2, -0.15) is 5.10 Å². The number of carbonyl (C=O) groups excluding carboxylic acids is 2. The minimum Gasteiger partial charge on any atom is -0.463 e. The van der Waals surface area contributed by atoms with Crippen LogP contribution in [-0.2, 0) is 11.8 Å². The number of nitrogens with zero attached hydrogens (tertiary/aromatic N) is 5. The van der Waals surface area contributed by atoms with E-state index < -0.39 is 0 Å². The summed E-state index contributed by atoms with van der Waals surface area (Å²) in [4.78, 5) is 35.9. The molecule has 0 aliphatic rings. The molecule has 0 radical (unpaired) electrons. The number of aromatic nitrogens is 4. The molecule has 0 bridgehead atoms. The lowest BCUT2D eigenvalue weighted by Crippen LogP contribution is -2.35. The Hall–Kier alpha value is -4.01. The number of anilines is 1. The Morgan fingerprint density at radius 2 is 2.03 bits per heavy atom. The summed E-state index contributed by atoms with van der Waals surface area (Å²) in [5, 5.41) is 7.77. The number of rotatable bonds is 5. The van der Waals surface area contributed by atoms with E-state index >= 15 is 0 Å². The van der Waals surface area contributed by atoms with Crippen molar-refractivity contribution in [3.8, 4) is 11.5 Å². The third kappa shape index (κ3) is 4.02. The molecule has 0 fully saturated rings. The van der Waals surface area contributed by atoms with E-state index in [1.54, 1.807) is 55.5 Å². The molecule has 9 nitrogen and oxygen atoms in total. The highest BCUT2D eigenvalue weighted by molar-refractivity contribution is 6.08. The van der Waals surface area contributed by atoms with Gasteiger partial charge >= 0.3 is 0 Å². The molecule has 4 aromatic rings. The van der Waals surface area contributed by atoms with Crippen LogP contribution in [0.5, 0.6) is 0 Å². The van der Waals surface area contributed by atoms with E-state index in [9.17, 15) is 9.59 Å². The van der Waals surface area contributed by atoms with Crippen LogP contribution in [0.25, 0.3) is 22.5 Å². The first-order chi connectivity index (χ1) is 14.8. The van der Waals surface area contributed by atoms with Crippen LogP contribution in [0.3, 0.4) is 0 Å². The lowest BCUT2D eigenvalue weighted by Gasteiger charge is -2.18. The second-order valence-electron chi connectivity index (χ2n) is 7.37. The number of amides is 2. The summed E-state index contributed by atoms with van der Waals surface area (Å²) in [7, 11) is 3.35. The van der Waals surface area contributed by atoms with E-state index in [-0.39, 0.29) is 18.4 Å². The minimum absolute atomic E-state index is 0.131. The largest absolute Gasteiger partial charge is 0.463 e. The summed E-state index contributed by atoms with van der Waals surface area (Å²) in [6, 6.07) is 8.81. The van der Waals surface area contributed by atoms with E-state index in [1.807, 2.05) is 19.9 Å². The van der Waals surface area contributed by atoms with Gasteiger partial charge in [-0.15, -0.1) is 0 Å². The normalized spacial score (nSPS) is 11.0. The van der Waals surface area contributed by atoms with E-state index in [0.717, 1.165) is 5.56 Å². The van der Waals surface area contributed by atoms with Gasteiger partial charge in [-0.25, -0.2) is 9.97 Å². The van der Waals surface area contributed by atoms with Crippen LogP contribution in [0.2, 0.25) is 0 Å². The Labute approximate surface area is 178 Å². The van der Waals surface area contributed by atoms with Crippen LogP contribution in [0.1, 0.15) is 21.6 Å². The lowest BCUT2D eigenvalue weighted by molar-refractivity contribution is -0.116. The average molecular weight is 418 g/mol. The number of nitrogens with one attached hydrogen (secondary N) is 1. The molecule has 2 amide bonds. The fourth-order valence-electron chi connectivity index (χ4n) is 3.44. The van der Waals surface area contributed by atoms with Gasteiger partial charge in [-0.3, -0.25) is 14.3 Å². The molecule has 4 aromatic heterocycles. The fourth-order valence-corrected chi connectivity index (χ4v) is 3.44. The summed E-state index contributed by atoms with van der Waals surface area (Å²) >= 11 is 0. The maximum atomic E-state index is 13.3. The third-order valence-electron chi connectivity index (χ3n) is 4.88. The molecule has 0 atom stereocenters. The quantitative estimate of drug-likeness (QED) is 0.534. The van der Waals surface area contributed by atoms with Crippen LogP contribution >= 0.6 is 0 Å². The Morgan fingerprint density at radius 1 is 1.23 bits per heavy atom. The molecular weight excluding hydrogens is 396 g/mol. The van der Waals surface area contributed by atoms with Crippen LogP contribution < -0.4 is 5.32 Å². The zero-order valence-corrected chi connectivity index (χ0v) is 17.7. The monoisotopic (exact) mass is 418 g/mol. The second-order valence-corrected chi connectivity index (χ2v) is 7.37. The number of hydrogen-bond acceptors (Lipinski definition) is 6. The fraction of sp³-hybridized carbons (Fsp3) is 0.227. The smallest absolute Gasteiger partial charge is 0.254 e. The molecule has 31 heavy (non-hydrogen) atoms. The first-order valence-electron chi connectivity index (χ1n) is 9.69. The predicted molar refractivity (Wildman–Crippen MR) is 116 cm³/mol. The zero-order chi connectivity index (χ0) is 22.1. The third-order valence-corrected chi connectivity index (χ3v) is 4.88. The predicted octanol–water partition coefficient (Wildman–Crippen LogP) is 2.95. The van der Waals surface area contributed by atoms with Gasteiger partial charge in [-0.05, 0) is 49.7 Å². The van der Waals surface area contributed by atoms with E-state index in [0.29, 0.717) is 39.6 Å². The number of furan rings is 1. The van der Waals surface area contributed by atoms with E-state index in [2.05, 4.69) is 20.4 Å². The molecule has 1 N–H and O–H groups in total. The summed E-state index contributed by atoms with van der Waals surface area (Å²) in [5.74, 6) is 0.332. The van der Waals surface area contributed by atoms with Crippen molar-refractivity contribution in [2.24, 2.45) is 7.05 Å². The summed E-state index contributed by atoms with van der Waals surface area (Å²) in [6.45, 7) is 3.60. The van der Waals surface area contributed by atoms with Crippen molar-refractivity contribution in [1.29, 1.82) is 0 Å². The van der Waals surface area contributed by atoms with Gasteiger partial charge in [0.2, 0.25) is 5.91 Å². The standard InChI is InChI=1S/C22H22N6O3/c1-13-7-8-23-18(10-13)25-19(29)12-27(3)22(30)15-11-16(17-6-5-9-31-17)24-21-20(15)14(2)26-28(21)4/h5-11H,12H2,1-4H3,(H,23,25,29). The van der Waals surface area contributed by atoms with Crippen molar-refractivity contribution < 1.29 is 14.0 Å². The molecule has 0 aliphatic heterocycles. The Bertz CT molecular complexity index is 1280. The molecule has 0 unspecified atom stereocenters. The molecule has 158 valence electrons. The number of fused-ring (bicyclic) bond motifs is 1. The number of pyridine rings is 2. The average Bonchev–Trinajstić information content (AvgIpc) is 3.35. The van der Waals surface area contributed by atoms with Gasteiger partial charge in [0.05, 0.1) is 29.5 Å². The van der Waals surface area contributed by atoms with Gasteiger partial charge < -0.3 is 14.6 Å². The molecule has 4 rings (SSSR count). The van der Waals surface area contributed by atoms with Gasteiger partial charge in [0, 0.05) is 20.3 Å². The molecule has 0 saturated heterocycles. The topological polar surface area (TPSA) is 106 Å². The van der Waals surface area contributed by atoms with E-state index in [4.69, 9.17) is 4.42 Å². The molecule has 4 heterocycles. The van der Waals surface area contributed by atoms with Gasteiger partial charge in [0.25, 0.3) is 5.91 Å². The maximum Gasteiger partial charge on any atom is 0.254 e. The minimum atomic E-state index is -0.339. The number of aryl methyl sites for hydroxylation is 3. The second kappa shape index (κ2) is 8.02. The summed E-state index contributed by atoms with van der Waals surface area (Å²) < 4.78 is 7.09. The zero-order valence-electron chi connectivity index (χ0n) is 17.7. The Balaban J connectivity index is 1.64. The highest BCUT2D eigenvalue weighted by atomic mass is 16.3. The summed E-state index contributed by atoms with van der Waals surface area (Å²) in [5.41, 5.74) is 3.15. The first-order valence-corrected chi connectivity index (χ1v) is 9.69. The molecule has 0 aromatic carbocycles. The summed E-state index contributed by atoms with van der Waals surface area (Å²) in [6.07, 6.45) is 3.17. The Kier molecular flexibility index (Phi) is 5.24. The Morgan fingerprint density at radius 3 is 2.74 bits per heavy atom. The van der Waals surface area contributed by atoms with Gasteiger partial charge in [-0.1, -0.05) is 0 Å². The van der Waals surface area contributed by atoms with Crippen LogP contribution in [0, 0.1) is 13.8 Å².